The molecule has 0 amide bonds. The number of halogens is 24. The van der Waals surface area contributed by atoms with Gasteiger partial charge in [0.05, 0.1) is 56.9 Å². The third-order valence-corrected chi connectivity index (χ3v) is 10.7. The average Bonchev–Trinajstić information content (AvgIpc) is 3.22. The molecule has 1 aromatic heterocycles. The van der Waals surface area contributed by atoms with Crippen molar-refractivity contribution in [2.24, 2.45) is 0 Å². The van der Waals surface area contributed by atoms with Gasteiger partial charge in [-0.2, -0.15) is 132 Å². The maximum atomic E-state index is 14.2. The molecule has 0 spiro atoms. The van der Waals surface area contributed by atoms with Crippen molar-refractivity contribution < 1.29 is 110 Å². The van der Waals surface area contributed by atoms with Crippen LogP contribution < -0.4 is 26.4 Å². The minimum atomic E-state index is -6.13. The summed E-state index contributed by atoms with van der Waals surface area (Å²) < 4.78 is 343. The number of alkyl halides is 24. The fraction of sp³-hybridized carbons (Fsp3) is 0.227. The molecule has 0 saturated heterocycles. The highest BCUT2D eigenvalue weighted by Crippen LogP contribution is 2.41. The third kappa shape index (κ3) is 12.9. The first kappa shape index (κ1) is 55.5. The number of hydrogen-bond donors (Lipinski definition) is 0. The zero-order chi connectivity index (χ0) is 53.7. The van der Waals surface area contributed by atoms with Gasteiger partial charge in [0.2, 0.25) is 0 Å². The van der Waals surface area contributed by atoms with E-state index in [1.165, 1.54) is 11.1 Å². The SMILES string of the molecule is Cc1ccccc1C[n+]1ccncc1.FC(F)(F)c1cc([B-](c2cc(C(F)(F)F)cc(C(F)(F)F)c2)(c2cc(C(F)(F)F)cc(C(F)(F)F)c2)c2cc(C(F)(F)F)cc(C(F)(F)F)c2)cc(C(F)(F)F)c1. The molecule has 0 saturated carbocycles. The molecule has 0 aliphatic rings. The van der Waals surface area contributed by atoms with Crippen LogP contribution in [0.25, 0.3) is 0 Å². The highest BCUT2D eigenvalue weighted by Gasteiger charge is 2.47. The van der Waals surface area contributed by atoms with E-state index in [0.29, 0.717) is 0 Å². The first-order valence-electron chi connectivity index (χ1n) is 19.3. The standard InChI is InChI=1S/C32H12BF24.C12H13N2/c34-25(35,36)13-1-14(26(37,38)39)6-21(5-13)33(22-7-15(27(40,41)42)2-16(8-22)28(43,44)45,23-9-17(29(46,47)48)3-18(10-23)30(49,50)51)24-11-19(31(52,53)54)4-20(12-24)32(55,56)57;1-11-4-2-3-5-12(11)10-14-8-6-13-7-9-14/h1-12H;2-9H,10H2,1H3/q-1;+1. The molecule has 5 aromatic carbocycles. The number of benzene rings is 5. The summed E-state index contributed by atoms with van der Waals surface area (Å²) in [6.45, 7) is 3.05. The Morgan fingerprint density at radius 1 is 0.352 bits per heavy atom. The molecule has 0 aliphatic carbocycles. The van der Waals surface area contributed by atoms with Crippen LogP contribution in [0.3, 0.4) is 0 Å². The lowest BCUT2D eigenvalue weighted by atomic mass is 9.12. The second-order valence-electron chi connectivity index (χ2n) is 15.6. The summed E-state index contributed by atoms with van der Waals surface area (Å²) in [5.41, 5.74) is -27.5. The lowest BCUT2D eigenvalue weighted by molar-refractivity contribution is -0.688. The summed E-state index contributed by atoms with van der Waals surface area (Å²) in [5, 5.41) is 0. The van der Waals surface area contributed by atoms with Crippen molar-refractivity contribution in [2.45, 2.75) is 62.9 Å². The summed E-state index contributed by atoms with van der Waals surface area (Å²) in [6, 6.07) is -0.380. The molecule has 27 heteroatoms. The van der Waals surface area contributed by atoms with Crippen molar-refractivity contribution >= 4 is 28.0 Å². The molecule has 0 radical (unpaired) electrons. The quantitative estimate of drug-likeness (QED) is 0.0923. The molecule has 0 atom stereocenters. The Morgan fingerprint density at radius 2 is 0.577 bits per heavy atom. The van der Waals surface area contributed by atoms with Crippen molar-refractivity contribution in [1.82, 2.24) is 4.98 Å². The second kappa shape index (κ2) is 19.0. The fourth-order valence-corrected chi connectivity index (χ4v) is 7.51. The minimum Gasteiger partial charge on any atom is -0.252 e. The van der Waals surface area contributed by atoms with Gasteiger partial charge in [0.1, 0.15) is 6.15 Å². The van der Waals surface area contributed by atoms with Crippen molar-refractivity contribution in [3.63, 3.8) is 0 Å². The van der Waals surface area contributed by atoms with E-state index in [2.05, 4.69) is 40.7 Å². The molecule has 2 nitrogen and oxygen atoms in total. The zero-order valence-corrected chi connectivity index (χ0v) is 34.8. The molecule has 0 bridgehead atoms. The molecule has 6 rings (SSSR count). The summed E-state index contributed by atoms with van der Waals surface area (Å²) in [6.07, 6.45) is -47.2. The van der Waals surface area contributed by atoms with Crippen LogP contribution in [0.15, 0.2) is 122 Å². The number of hydrogen-bond acceptors (Lipinski definition) is 1. The van der Waals surface area contributed by atoms with Crippen molar-refractivity contribution in [1.29, 1.82) is 0 Å². The van der Waals surface area contributed by atoms with Crippen LogP contribution >= 0.6 is 0 Å². The molecule has 0 N–H and O–H groups in total. The lowest BCUT2D eigenvalue weighted by Gasteiger charge is -2.46. The Labute approximate surface area is 383 Å². The predicted molar refractivity (Wildman–Crippen MR) is 205 cm³/mol. The van der Waals surface area contributed by atoms with Gasteiger partial charge in [-0.1, -0.05) is 72.8 Å². The highest BCUT2D eigenvalue weighted by molar-refractivity contribution is 7.20. The highest BCUT2D eigenvalue weighted by atomic mass is 19.4. The van der Waals surface area contributed by atoms with E-state index in [1.54, 1.807) is 12.4 Å². The molecule has 6 aromatic rings. The Morgan fingerprint density at radius 3 is 0.789 bits per heavy atom. The van der Waals surface area contributed by atoms with E-state index in [9.17, 15) is 105 Å². The van der Waals surface area contributed by atoms with E-state index in [-0.39, 0.29) is 0 Å². The van der Waals surface area contributed by atoms with Crippen LogP contribution in [0.5, 0.6) is 0 Å². The van der Waals surface area contributed by atoms with Gasteiger partial charge in [0.25, 0.3) is 0 Å². The summed E-state index contributed by atoms with van der Waals surface area (Å²) in [4.78, 5) is 3.99. The summed E-state index contributed by atoms with van der Waals surface area (Å²) in [5.74, 6) is 0. The zero-order valence-electron chi connectivity index (χ0n) is 34.8. The van der Waals surface area contributed by atoms with Crippen LogP contribution in [0, 0.1) is 6.92 Å². The monoisotopic (exact) mass is 1050 g/mol. The van der Waals surface area contributed by atoms with E-state index in [4.69, 9.17) is 0 Å². The molecule has 0 unspecified atom stereocenters. The van der Waals surface area contributed by atoms with Gasteiger partial charge < -0.3 is 0 Å². The largest absolute Gasteiger partial charge is 0.416 e. The smallest absolute Gasteiger partial charge is 0.252 e. The second-order valence-corrected chi connectivity index (χ2v) is 15.6. The molecular weight excluding hydrogens is 1020 g/mol. The third-order valence-electron chi connectivity index (χ3n) is 10.7. The molecular formula is C44H25BF24N2. The van der Waals surface area contributed by atoms with Crippen molar-refractivity contribution in [2.75, 3.05) is 0 Å². The predicted octanol–water partition coefficient (Wildman–Crippen LogP) is 12.9. The molecule has 382 valence electrons. The van der Waals surface area contributed by atoms with Crippen LogP contribution in [0.2, 0.25) is 0 Å². The number of rotatable bonds is 6. The lowest BCUT2D eigenvalue weighted by Crippen LogP contribution is -2.75. The van der Waals surface area contributed by atoms with Gasteiger partial charge in [-0.3, -0.25) is 4.98 Å². The van der Waals surface area contributed by atoms with Gasteiger partial charge in [0, 0.05) is 5.56 Å². The van der Waals surface area contributed by atoms with E-state index in [0.717, 1.165) is 6.54 Å². The summed E-state index contributed by atoms with van der Waals surface area (Å²) in [7, 11) is 0. The van der Waals surface area contributed by atoms with Gasteiger partial charge in [-0.05, 0) is 36.8 Å². The normalized spacial score (nSPS) is 13.5. The molecule has 1 heterocycles. The maximum Gasteiger partial charge on any atom is 0.416 e. The fourth-order valence-electron chi connectivity index (χ4n) is 7.51. The molecule has 0 fully saturated rings. The van der Waals surface area contributed by atoms with Gasteiger partial charge >= 0.3 is 49.4 Å². The number of aryl methyl sites for hydroxylation is 1. The average molecular weight is 1050 g/mol. The van der Waals surface area contributed by atoms with Crippen molar-refractivity contribution in [3.05, 3.63) is 177 Å². The molecule has 0 aliphatic heterocycles. The van der Waals surface area contributed by atoms with E-state index in [1.807, 2.05) is 12.4 Å². The number of nitrogens with zero attached hydrogens (tertiary/aromatic N) is 2. The van der Waals surface area contributed by atoms with E-state index >= 15 is 0 Å². The van der Waals surface area contributed by atoms with E-state index < -0.39 is 195 Å². The van der Waals surface area contributed by atoms with Gasteiger partial charge in [-0.25, -0.2) is 0 Å². The summed E-state index contributed by atoms with van der Waals surface area (Å²) >= 11 is 0. The van der Waals surface area contributed by atoms with Crippen LogP contribution in [0.1, 0.15) is 55.6 Å². The maximum absolute atomic E-state index is 14.2. The van der Waals surface area contributed by atoms with Crippen LogP contribution in [-0.2, 0) is 56.0 Å². The van der Waals surface area contributed by atoms with Crippen LogP contribution in [0.4, 0.5) is 105 Å². The van der Waals surface area contributed by atoms with Gasteiger partial charge in [-0.15, -0.1) is 0 Å². The minimum absolute atomic E-state index is 0.691. The van der Waals surface area contributed by atoms with Crippen molar-refractivity contribution in [3.8, 4) is 0 Å². The Bertz CT molecular complexity index is 2410. The topological polar surface area (TPSA) is 16.8 Å². The van der Waals surface area contributed by atoms with Gasteiger partial charge in [0.15, 0.2) is 18.9 Å². The van der Waals surface area contributed by atoms with Crippen LogP contribution in [-0.4, -0.2) is 11.1 Å². The Kier molecular flexibility index (Phi) is 14.8. The number of aromatic nitrogens is 2. The Balaban J connectivity index is 0.000000569. The first-order valence-corrected chi connectivity index (χ1v) is 19.3. The molecule has 71 heavy (non-hydrogen) atoms. The first-order chi connectivity index (χ1) is 32.1. The Hall–Kier alpha value is -6.44.